The number of hydrogen-bond acceptors (Lipinski definition) is 6. The second-order valence-corrected chi connectivity index (χ2v) is 2.70. The van der Waals surface area contributed by atoms with E-state index in [1.807, 2.05) is 0 Å². The minimum absolute atomic E-state index is 0.0724. The van der Waals surface area contributed by atoms with Gasteiger partial charge in [-0.15, -0.1) is 0 Å². The highest BCUT2D eigenvalue weighted by atomic mass is 16.7. The van der Waals surface area contributed by atoms with Gasteiger partial charge in [0.25, 0.3) is 0 Å². The number of rotatable bonds is 6. The van der Waals surface area contributed by atoms with Gasteiger partial charge in [-0.2, -0.15) is 0 Å². The van der Waals surface area contributed by atoms with E-state index in [1.165, 1.54) is 21.3 Å². The van der Waals surface area contributed by atoms with E-state index in [4.69, 9.17) is 14.2 Å². The van der Waals surface area contributed by atoms with E-state index >= 15 is 0 Å². The van der Waals surface area contributed by atoms with Crippen LogP contribution in [0.5, 0.6) is 0 Å². The van der Waals surface area contributed by atoms with Gasteiger partial charge in [-0.05, 0) is 13.8 Å². The van der Waals surface area contributed by atoms with Gasteiger partial charge in [0.15, 0.2) is 0 Å². The first kappa shape index (κ1) is 13.9. The van der Waals surface area contributed by atoms with Gasteiger partial charge in [0.05, 0.1) is 6.61 Å². The lowest BCUT2D eigenvalue weighted by Gasteiger charge is -2.25. The molecule has 0 saturated carbocycles. The van der Waals surface area contributed by atoms with Crippen LogP contribution < -0.4 is 0 Å². The maximum atomic E-state index is 11.5. The minimum atomic E-state index is -1.28. The van der Waals surface area contributed by atoms with Crippen LogP contribution in [-0.2, 0) is 23.8 Å². The molecule has 88 valence electrons. The van der Waals surface area contributed by atoms with Gasteiger partial charge in [0.1, 0.15) is 7.11 Å². The lowest BCUT2D eigenvalue weighted by Crippen LogP contribution is -2.44. The van der Waals surface area contributed by atoms with Crippen molar-refractivity contribution in [1.29, 1.82) is 0 Å². The third-order valence-corrected chi connectivity index (χ3v) is 1.86. The molecular weight excluding hydrogens is 202 g/mol. The number of esters is 1. The van der Waals surface area contributed by atoms with Crippen molar-refractivity contribution in [1.82, 2.24) is 0 Å². The molecular formula is C9H17NO5. The van der Waals surface area contributed by atoms with Gasteiger partial charge >= 0.3 is 5.97 Å². The Morgan fingerprint density at radius 2 is 1.80 bits per heavy atom. The van der Waals surface area contributed by atoms with Crippen molar-refractivity contribution in [2.75, 3.05) is 27.9 Å². The third kappa shape index (κ3) is 3.49. The SMILES string of the molecule is CCOC(=O)C(=NOC)C(C)(OC)OC. The van der Waals surface area contributed by atoms with E-state index in [0.29, 0.717) is 0 Å². The number of carbonyl (C=O) groups is 1. The largest absolute Gasteiger partial charge is 0.461 e. The quantitative estimate of drug-likeness (QED) is 0.282. The monoisotopic (exact) mass is 219 g/mol. The molecule has 0 bridgehead atoms. The molecule has 0 aromatic rings. The Morgan fingerprint density at radius 3 is 2.13 bits per heavy atom. The molecule has 0 spiro atoms. The highest BCUT2D eigenvalue weighted by Crippen LogP contribution is 2.14. The Morgan fingerprint density at radius 1 is 1.27 bits per heavy atom. The predicted molar refractivity (Wildman–Crippen MR) is 53.5 cm³/mol. The molecule has 0 amide bonds. The number of hydrogen-bond donors (Lipinski definition) is 0. The first-order chi connectivity index (χ1) is 7.05. The van der Waals surface area contributed by atoms with Crippen LogP contribution in [0.2, 0.25) is 0 Å². The fraction of sp³-hybridized carbons (Fsp3) is 0.778. The van der Waals surface area contributed by atoms with Crippen molar-refractivity contribution in [3.05, 3.63) is 0 Å². The van der Waals surface area contributed by atoms with Crippen LogP contribution in [0.15, 0.2) is 5.16 Å². The van der Waals surface area contributed by atoms with E-state index in [-0.39, 0.29) is 12.3 Å². The molecule has 0 aromatic carbocycles. The maximum absolute atomic E-state index is 11.5. The van der Waals surface area contributed by atoms with Crippen molar-refractivity contribution >= 4 is 11.7 Å². The molecule has 0 unspecified atom stereocenters. The summed E-state index contributed by atoms with van der Waals surface area (Å²) in [5.41, 5.74) is -0.0724. The third-order valence-electron chi connectivity index (χ3n) is 1.86. The van der Waals surface area contributed by atoms with Gasteiger partial charge in [-0.3, -0.25) is 0 Å². The lowest BCUT2D eigenvalue weighted by molar-refractivity contribution is -0.155. The summed E-state index contributed by atoms with van der Waals surface area (Å²) in [4.78, 5) is 16.1. The number of oxime groups is 1. The molecule has 6 heteroatoms. The fourth-order valence-corrected chi connectivity index (χ4v) is 0.873. The minimum Gasteiger partial charge on any atom is -0.461 e. The highest BCUT2D eigenvalue weighted by Gasteiger charge is 2.37. The first-order valence-electron chi connectivity index (χ1n) is 4.44. The van der Waals surface area contributed by atoms with Crippen LogP contribution >= 0.6 is 0 Å². The molecule has 0 rings (SSSR count). The maximum Gasteiger partial charge on any atom is 0.361 e. The standard InChI is InChI=1S/C9H17NO5/c1-6-15-8(11)7(10-14-5)9(2,12-3)13-4/h6H2,1-5H3. The molecule has 0 radical (unpaired) electrons. The molecule has 0 aromatic heterocycles. The van der Waals surface area contributed by atoms with Crippen molar-refractivity contribution in [2.45, 2.75) is 19.6 Å². The van der Waals surface area contributed by atoms with Crippen molar-refractivity contribution < 1.29 is 23.8 Å². The zero-order valence-electron chi connectivity index (χ0n) is 9.70. The van der Waals surface area contributed by atoms with E-state index in [0.717, 1.165) is 0 Å². The summed E-state index contributed by atoms with van der Waals surface area (Å²) in [7, 11) is 4.12. The fourth-order valence-electron chi connectivity index (χ4n) is 0.873. The van der Waals surface area contributed by atoms with E-state index < -0.39 is 11.8 Å². The molecule has 0 atom stereocenters. The van der Waals surface area contributed by atoms with Crippen molar-refractivity contribution in [3.8, 4) is 0 Å². The Labute approximate surface area is 89.1 Å². The van der Waals surface area contributed by atoms with E-state index in [9.17, 15) is 4.79 Å². The molecule has 0 fully saturated rings. The normalized spacial score (nSPS) is 12.5. The van der Waals surface area contributed by atoms with Gasteiger partial charge in [0, 0.05) is 14.2 Å². The Hall–Kier alpha value is -1.14. The summed E-state index contributed by atoms with van der Waals surface area (Å²) in [6.07, 6.45) is 0. The summed E-state index contributed by atoms with van der Waals surface area (Å²) in [5, 5.41) is 3.55. The molecule has 0 aliphatic heterocycles. The Balaban J connectivity index is 4.96. The molecule has 0 aliphatic carbocycles. The first-order valence-corrected chi connectivity index (χ1v) is 4.44. The second-order valence-electron chi connectivity index (χ2n) is 2.70. The van der Waals surface area contributed by atoms with Gasteiger partial charge in [-0.1, -0.05) is 5.16 Å². The topological polar surface area (TPSA) is 66.4 Å². The summed E-state index contributed by atoms with van der Waals surface area (Å²) in [6, 6.07) is 0. The van der Waals surface area contributed by atoms with Crippen molar-refractivity contribution in [2.24, 2.45) is 5.16 Å². The number of ether oxygens (including phenoxy) is 3. The van der Waals surface area contributed by atoms with E-state index in [1.54, 1.807) is 13.8 Å². The van der Waals surface area contributed by atoms with Gasteiger partial charge in [-0.25, -0.2) is 4.79 Å². The molecule has 0 N–H and O–H groups in total. The molecule has 0 heterocycles. The smallest absolute Gasteiger partial charge is 0.361 e. The lowest BCUT2D eigenvalue weighted by atomic mass is 10.2. The van der Waals surface area contributed by atoms with Crippen LogP contribution in [0.4, 0.5) is 0 Å². The average molecular weight is 219 g/mol. The van der Waals surface area contributed by atoms with Crippen LogP contribution in [0.1, 0.15) is 13.8 Å². The highest BCUT2D eigenvalue weighted by molar-refractivity contribution is 6.39. The van der Waals surface area contributed by atoms with Crippen LogP contribution in [-0.4, -0.2) is 45.4 Å². The Bertz CT molecular complexity index is 235. The molecule has 0 aliphatic rings. The molecule has 15 heavy (non-hydrogen) atoms. The summed E-state index contributed by atoms with van der Waals surface area (Å²) >= 11 is 0. The van der Waals surface area contributed by atoms with Gasteiger partial charge in [0.2, 0.25) is 11.5 Å². The zero-order chi connectivity index (χ0) is 11.9. The summed E-state index contributed by atoms with van der Waals surface area (Å²) in [5.74, 6) is -1.91. The van der Waals surface area contributed by atoms with Crippen LogP contribution in [0.3, 0.4) is 0 Å². The summed E-state index contributed by atoms with van der Waals surface area (Å²) in [6.45, 7) is 3.48. The van der Waals surface area contributed by atoms with Gasteiger partial charge < -0.3 is 19.0 Å². The molecule has 6 nitrogen and oxygen atoms in total. The zero-order valence-corrected chi connectivity index (χ0v) is 9.70. The predicted octanol–water partition coefficient (Wildman–Crippen LogP) is 0.561. The summed E-state index contributed by atoms with van der Waals surface area (Å²) < 4.78 is 14.9. The second kappa shape index (κ2) is 6.36. The van der Waals surface area contributed by atoms with Crippen LogP contribution in [0.25, 0.3) is 0 Å². The van der Waals surface area contributed by atoms with Crippen LogP contribution in [0, 0.1) is 0 Å². The molecule has 0 saturated heterocycles. The van der Waals surface area contributed by atoms with Crippen molar-refractivity contribution in [3.63, 3.8) is 0 Å². The van der Waals surface area contributed by atoms with E-state index in [2.05, 4.69) is 9.99 Å². The number of nitrogens with zero attached hydrogens (tertiary/aromatic N) is 1. The average Bonchev–Trinajstić information content (AvgIpc) is 2.25. The number of carbonyl (C=O) groups excluding carboxylic acids is 1. The number of methoxy groups -OCH3 is 2. The Kier molecular flexibility index (Phi) is 5.88.